The SMILES string of the molecule is COC(=O)Cn1c(C)c(Cc2ccc(=O)n(Cc3cccc(F)c3F)c2)c2cc(Cl)ccc21. The van der Waals surface area contributed by atoms with Crippen molar-refractivity contribution in [2.24, 2.45) is 0 Å². The van der Waals surface area contributed by atoms with Crippen LogP contribution in [0.2, 0.25) is 5.02 Å². The summed E-state index contributed by atoms with van der Waals surface area (Å²) >= 11 is 6.24. The standard InChI is InChI=1S/C25H21ClF2N2O3/c1-15-19(20-11-18(26)7-8-22(20)30(15)14-24(32)33-2)10-16-6-9-23(31)29(12-16)13-17-4-3-5-21(27)25(17)28/h3-9,11-12H,10,13-14H2,1-2H3. The molecule has 0 amide bonds. The van der Waals surface area contributed by atoms with Crippen LogP contribution in [0.1, 0.15) is 22.4 Å². The Balaban J connectivity index is 1.74. The van der Waals surface area contributed by atoms with E-state index in [-0.39, 0.29) is 30.2 Å². The van der Waals surface area contributed by atoms with Crippen LogP contribution in [-0.4, -0.2) is 22.2 Å². The maximum atomic E-state index is 14.1. The summed E-state index contributed by atoms with van der Waals surface area (Å²) in [6, 6.07) is 12.5. The van der Waals surface area contributed by atoms with E-state index in [9.17, 15) is 18.4 Å². The maximum absolute atomic E-state index is 14.1. The second kappa shape index (κ2) is 9.19. The van der Waals surface area contributed by atoms with Crippen molar-refractivity contribution in [1.29, 1.82) is 0 Å². The molecule has 4 aromatic rings. The fourth-order valence-electron chi connectivity index (χ4n) is 4.01. The number of ether oxygens (including phenoxy) is 1. The first-order valence-corrected chi connectivity index (χ1v) is 10.6. The summed E-state index contributed by atoms with van der Waals surface area (Å²) < 4.78 is 35.8. The van der Waals surface area contributed by atoms with Crippen LogP contribution in [0.4, 0.5) is 8.78 Å². The van der Waals surface area contributed by atoms with E-state index in [0.29, 0.717) is 11.4 Å². The van der Waals surface area contributed by atoms with Gasteiger partial charge in [-0.1, -0.05) is 29.8 Å². The van der Waals surface area contributed by atoms with Crippen molar-refractivity contribution in [1.82, 2.24) is 9.13 Å². The Morgan fingerprint density at radius 3 is 2.67 bits per heavy atom. The fraction of sp³-hybridized carbons (Fsp3) is 0.200. The number of carbonyl (C=O) groups excluding carboxylic acids is 1. The highest BCUT2D eigenvalue weighted by Crippen LogP contribution is 2.30. The second-order valence-corrected chi connectivity index (χ2v) is 8.22. The molecule has 0 aliphatic rings. The Labute approximate surface area is 193 Å². The first-order valence-electron chi connectivity index (χ1n) is 10.2. The Hall–Kier alpha value is -3.45. The van der Waals surface area contributed by atoms with Crippen molar-refractivity contribution >= 4 is 28.5 Å². The van der Waals surface area contributed by atoms with Crippen LogP contribution < -0.4 is 5.56 Å². The van der Waals surface area contributed by atoms with Crippen molar-refractivity contribution in [3.63, 3.8) is 0 Å². The van der Waals surface area contributed by atoms with Gasteiger partial charge < -0.3 is 13.9 Å². The number of benzene rings is 2. The number of rotatable bonds is 6. The highest BCUT2D eigenvalue weighted by molar-refractivity contribution is 6.31. The summed E-state index contributed by atoms with van der Waals surface area (Å²) in [5, 5.41) is 1.45. The molecule has 0 N–H and O–H groups in total. The van der Waals surface area contributed by atoms with Gasteiger partial charge in [-0.3, -0.25) is 9.59 Å². The average Bonchev–Trinajstić information content (AvgIpc) is 3.04. The molecule has 5 nitrogen and oxygen atoms in total. The monoisotopic (exact) mass is 470 g/mol. The summed E-state index contributed by atoms with van der Waals surface area (Å²) in [6.07, 6.45) is 2.09. The molecule has 0 spiro atoms. The molecule has 8 heteroatoms. The van der Waals surface area contributed by atoms with Crippen molar-refractivity contribution < 1.29 is 18.3 Å². The molecule has 2 aromatic heterocycles. The second-order valence-electron chi connectivity index (χ2n) is 7.78. The number of pyridine rings is 1. The van der Waals surface area contributed by atoms with Gasteiger partial charge in [0, 0.05) is 45.9 Å². The Kier molecular flexibility index (Phi) is 6.33. The van der Waals surface area contributed by atoms with Gasteiger partial charge in [0.15, 0.2) is 11.6 Å². The molecule has 170 valence electrons. The molecule has 2 aromatic carbocycles. The van der Waals surface area contributed by atoms with E-state index in [0.717, 1.165) is 33.8 Å². The molecule has 4 rings (SSSR count). The highest BCUT2D eigenvalue weighted by Gasteiger charge is 2.18. The van der Waals surface area contributed by atoms with Crippen LogP contribution in [0.3, 0.4) is 0 Å². The summed E-state index contributed by atoms with van der Waals surface area (Å²) in [5.41, 5.74) is 3.21. The first-order chi connectivity index (χ1) is 15.8. The molecule has 0 atom stereocenters. The maximum Gasteiger partial charge on any atom is 0.325 e. The zero-order chi connectivity index (χ0) is 23.7. The number of carbonyl (C=O) groups is 1. The average molecular weight is 471 g/mol. The van der Waals surface area contributed by atoms with Gasteiger partial charge in [-0.25, -0.2) is 8.78 Å². The fourth-order valence-corrected chi connectivity index (χ4v) is 4.18. The molecule has 0 bridgehead atoms. The van der Waals surface area contributed by atoms with E-state index in [1.165, 1.54) is 29.9 Å². The molecule has 0 radical (unpaired) electrons. The van der Waals surface area contributed by atoms with Crippen LogP contribution in [0, 0.1) is 18.6 Å². The smallest absolute Gasteiger partial charge is 0.325 e. The van der Waals surface area contributed by atoms with E-state index in [2.05, 4.69) is 0 Å². The minimum absolute atomic E-state index is 0.0544. The third-order valence-electron chi connectivity index (χ3n) is 5.73. The third kappa shape index (κ3) is 4.54. The molecular formula is C25H21ClF2N2O3. The van der Waals surface area contributed by atoms with Crippen LogP contribution >= 0.6 is 11.6 Å². The van der Waals surface area contributed by atoms with E-state index >= 15 is 0 Å². The molecule has 0 saturated heterocycles. The number of methoxy groups -OCH3 is 1. The van der Waals surface area contributed by atoms with Gasteiger partial charge in [0.25, 0.3) is 5.56 Å². The van der Waals surface area contributed by atoms with Gasteiger partial charge in [0.05, 0.1) is 13.7 Å². The molecule has 33 heavy (non-hydrogen) atoms. The summed E-state index contributed by atoms with van der Waals surface area (Å²) in [5.74, 6) is -2.30. The van der Waals surface area contributed by atoms with E-state index < -0.39 is 11.6 Å². The number of fused-ring (bicyclic) bond motifs is 1. The molecule has 0 unspecified atom stereocenters. The van der Waals surface area contributed by atoms with E-state index in [4.69, 9.17) is 16.3 Å². The van der Waals surface area contributed by atoms with Crippen LogP contribution in [0.5, 0.6) is 0 Å². The number of esters is 1. The van der Waals surface area contributed by atoms with Gasteiger partial charge >= 0.3 is 5.97 Å². The number of halogens is 3. The topological polar surface area (TPSA) is 53.2 Å². The predicted octanol–water partition coefficient (Wildman–Crippen LogP) is 4.86. The van der Waals surface area contributed by atoms with Crippen molar-refractivity contribution in [3.05, 3.63) is 104 Å². The molecule has 0 saturated carbocycles. The van der Waals surface area contributed by atoms with Gasteiger partial charge in [-0.2, -0.15) is 0 Å². The highest BCUT2D eigenvalue weighted by atomic mass is 35.5. The van der Waals surface area contributed by atoms with E-state index in [1.807, 2.05) is 23.6 Å². The molecule has 2 heterocycles. The van der Waals surface area contributed by atoms with E-state index in [1.54, 1.807) is 18.3 Å². The zero-order valence-electron chi connectivity index (χ0n) is 18.1. The van der Waals surface area contributed by atoms with Crippen molar-refractivity contribution in [2.75, 3.05) is 7.11 Å². The lowest BCUT2D eigenvalue weighted by atomic mass is 10.0. The molecular weight excluding hydrogens is 450 g/mol. The molecule has 0 fully saturated rings. The van der Waals surface area contributed by atoms with Crippen molar-refractivity contribution in [2.45, 2.75) is 26.4 Å². The normalized spacial score (nSPS) is 11.2. The van der Waals surface area contributed by atoms with Gasteiger partial charge in [0.2, 0.25) is 0 Å². The van der Waals surface area contributed by atoms with Gasteiger partial charge in [-0.15, -0.1) is 0 Å². The molecule has 0 aliphatic carbocycles. The Bertz CT molecular complexity index is 1430. The number of hydrogen-bond donors (Lipinski definition) is 0. The minimum Gasteiger partial charge on any atom is -0.468 e. The van der Waals surface area contributed by atoms with Crippen LogP contribution in [0.15, 0.2) is 59.5 Å². The van der Waals surface area contributed by atoms with Gasteiger partial charge in [0.1, 0.15) is 6.54 Å². The summed E-state index contributed by atoms with van der Waals surface area (Å²) in [7, 11) is 1.34. The van der Waals surface area contributed by atoms with Gasteiger partial charge in [-0.05, 0) is 42.3 Å². The number of nitrogens with zero attached hydrogens (tertiary/aromatic N) is 2. The third-order valence-corrected chi connectivity index (χ3v) is 5.96. The Morgan fingerprint density at radius 1 is 1.12 bits per heavy atom. The lowest BCUT2D eigenvalue weighted by molar-refractivity contribution is -0.141. The lowest BCUT2D eigenvalue weighted by Crippen LogP contribution is -2.20. The summed E-state index contributed by atoms with van der Waals surface area (Å²) in [4.78, 5) is 24.3. The van der Waals surface area contributed by atoms with Crippen LogP contribution in [-0.2, 0) is 29.0 Å². The zero-order valence-corrected chi connectivity index (χ0v) is 18.8. The number of aromatic nitrogens is 2. The predicted molar refractivity (Wildman–Crippen MR) is 123 cm³/mol. The first kappa shape index (κ1) is 22.7. The number of hydrogen-bond acceptors (Lipinski definition) is 3. The van der Waals surface area contributed by atoms with Crippen molar-refractivity contribution in [3.8, 4) is 0 Å². The largest absolute Gasteiger partial charge is 0.468 e. The Morgan fingerprint density at radius 2 is 1.91 bits per heavy atom. The molecule has 0 aliphatic heterocycles. The van der Waals surface area contributed by atoms with Crippen LogP contribution in [0.25, 0.3) is 10.9 Å². The minimum atomic E-state index is -0.967. The lowest BCUT2D eigenvalue weighted by Gasteiger charge is -2.10. The quantitative estimate of drug-likeness (QED) is 0.378. The summed E-state index contributed by atoms with van der Waals surface area (Å²) in [6.45, 7) is 1.87.